The third-order valence-electron chi connectivity index (χ3n) is 1.29. The van der Waals surface area contributed by atoms with Crippen LogP contribution in [0.25, 0.3) is 0 Å². The molecule has 0 fully saturated rings. The first-order valence-corrected chi connectivity index (χ1v) is 2.38. The summed E-state index contributed by atoms with van der Waals surface area (Å²) in [5.41, 5.74) is 2.80. The second-order valence-electron chi connectivity index (χ2n) is 1.82. The van der Waals surface area contributed by atoms with Gasteiger partial charge in [-0.2, -0.15) is 10.4 Å². The highest BCUT2D eigenvalue weighted by Gasteiger charge is 2.24. The molecule has 1 heterocycles. The molecule has 0 bridgehead atoms. The van der Waals surface area contributed by atoms with Crippen LogP contribution in [0.4, 0.5) is 0 Å². The van der Waals surface area contributed by atoms with Crippen molar-refractivity contribution in [1.82, 2.24) is 10.2 Å². The number of H-pyrrole nitrogens is 1. The highest BCUT2D eigenvalue weighted by Crippen LogP contribution is 2.27. The van der Waals surface area contributed by atoms with Crippen LogP contribution in [0.15, 0.2) is 0 Å². The van der Waals surface area contributed by atoms with Crippen molar-refractivity contribution in [2.24, 2.45) is 0 Å². The Morgan fingerprint density at radius 1 is 1.75 bits per heavy atom. The van der Waals surface area contributed by atoms with Gasteiger partial charge in [0.25, 0.3) is 0 Å². The fourth-order valence-corrected chi connectivity index (χ4v) is 0.750. The fraction of sp³-hybridized carbons (Fsp3) is 0.200. The monoisotopic (exact) mass is 105 g/mol. The molecule has 1 N–H and O–H groups in total. The van der Waals surface area contributed by atoms with Crippen LogP contribution < -0.4 is 0 Å². The first kappa shape index (κ1) is 3.67. The molecule has 3 heteroatoms. The van der Waals surface area contributed by atoms with E-state index >= 15 is 0 Å². The molecule has 38 valence electrons. The van der Waals surface area contributed by atoms with Crippen LogP contribution in [-0.2, 0) is 6.42 Å². The maximum atomic E-state index is 8.31. The summed E-state index contributed by atoms with van der Waals surface area (Å²) in [4.78, 5) is 0. The number of aromatic amines is 1. The van der Waals surface area contributed by atoms with Gasteiger partial charge in [-0.3, -0.25) is 5.10 Å². The van der Waals surface area contributed by atoms with Crippen molar-refractivity contribution in [3.63, 3.8) is 0 Å². The van der Waals surface area contributed by atoms with Gasteiger partial charge in [-0.1, -0.05) is 0 Å². The smallest absolute Gasteiger partial charge is 0.166 e. The van der Waals surface area contributed by atoms with Gasteiger partial charge in [0.1, 0.15) is 6.07 Å². The van der Waals surface area contributed by atoms with Gasteiger partial charge in [-0.25, -0.2) is 0 Å². The summed E-state index contributed by atoms with van der Waals surface area (Å²) in [6.45, 7) is 0. The number of nitriles is 1. The molecule has 0 saturated carbocycles. The predicted molar refractivity (Wildman–Crippen MR) is 26.1 cm³/mol. The van der Waals surface area contributed by atoms with Gasteiger partial charge >= 0.3 is 0 Å². The molecule has 3 nitrogen and oxygen atoms in total. The number of nitrogens with one attached hydrogen (secondary N) is 1. The van der Waals surface area contributed by atoms with Crippen molar-refractivity contribution >= 4 is 0 Å². The SMILES string of the molecule is N#Cc1n[nH]c2c1C2. The van der Waals surface area contributed by atoms with E-state index in [2.05, 4.69) is 10.2 Å². The summed E-state index contributed by atoms with van der Waals surface area (Å²) >= 11 is 0. The summed E-state index contributed by atoms with van der Waals surface area (Å²) in [5, 5.41) is 14.8. The molecule has 0 unspecified atom stereocenters. The molecule has 0 atom stereocenters. The van der Waals surface area contributed by atoms with Gasteiger partial charge < -0.3 is 0 Å². The van der Waals surface area contributed by atoms with Crippen molar-refractivity contribution in [3.8, 4) is 6.07 Å². The predicted octanol–water partition coefficient (Wildman–Crippen LogP) is 0.186. The molecule has 1 aliphatic carbocycles. The molecule has 0 aliphatic heterocycles. The van der Waals surface area contributed by atoms with Gasteiger partial charge in [-0.05, 0) is 0 Å². The molecule has 0 spiro atoms. The quantitative estimate of drug-likeness (QED) is 0.519. The van der Waals surface area contributed by atoms with Crippen molar-refractivity contribution in [1.29, 1.82) is 5.26 Å². The molecule has 1 aromatic rings. The van der Waals surface area contributed by atoms with Crippen LogP contribution in [0, 0.1) is 11.3 Å². The lowest BCUT2D eigenvalue weighted by Gasteiger charge is -1.71. The zero-order chi connectivity index (χ0) is 5.56. The Labute approximate surface area is 45.9 Å². The third-order valence-corrected chi connectivity index (χ3v) is 1.29. The molecule has 0 saturated heterocycles. The van der Waals surface area contributed by atoms with Crippen molar-refractivity contribution in [2.45, 2.75) is 6.42 Å². The lowest BCUT2D eigenvalue weighted by Crippen LogP contribution is -1.77. The molecule has 8 heavy (non-hydrogen) atoms. The number of fused-ring (bicyclic) bond motifs is 1. The van der Waals surface area contributed by atoms with Gasteiger partial charge in [0, 0.05) is 17.7 Å². The number of nitrogens with zero attached hydrogens (tertiary/aromatic N) is 2. The lowest BCUT2D eigenvalue weighted by molar-refractivity contribution is 1.02. The third kappa shape index (κ3) is 0.261. The molecular formula is C5H3N3. The number of rotatable bonds is 0. The van der Waals surface area contributed by atoms with Crippen LogP contribution >= 0.6 is 0 Å². The average molecular weight is 105 g/mol. The minimum atomic E-state index is 0.569. The molecule has 0 amide bonds. The summed E-state index contributed by atoms with van der Waals surface area (Å²) in [6.07, 6.45) is 0.951. The van der Waals surface area contributed by atoms with E-state index in [4.69, 9.17) is 5.26 Å². The van der Waals surface area contributed by atoms with Gasteiger partial charge in [0.05, 0.1) is 0 Å². The van der Waals surface area contributed by atoms with Crippen LogP contribution in [0.2, 0.25) is 0 Å². The van der Waals surface area contributed by atoms with Crippen molar-refractivity contribution in [3.05, 3.63) is 17.0 Å². The van der Waals surface area contributed by atoms with Crippen LogP contribution in [0.1, 0.15) is 17.0 Å². The Bertz CT molecular complexity index is 266. The molecule has 2 rings (SSSR count). The van der Waals surface area contributed by atoms with E-state index < -0.39 is 0 Å². The molecular weight excluding hydrogens is 102 g/mol. The van der Waals surface area contributed by atoms with E-state index in [1.165, 1.54) is 0 Å². The second kappa shape index (κ2) is 0.920. The Morgan fingerprint density at radius 2 is 2.62 bits per heavy atom. The molecule has 1 aromatic heterocycles. The van der Waals surface area contributed by atoms with Gasteiger partial charge in [-0.15, -0.1) is 0 Å². The van der Waals surface area contributed by atoms with Gasteiger partial charge in [0.2, 0.25) is 0 Å². The zero-order valence-electron chi connectivity index (χ0n) is 4.10. The van der Waals surface area contributed by atoms with Crippen molar-refractivity contribution < 1.29 is 0 Å². The highest BCUT2D eigenvalue weighted by molar-refractivity contribution is 5.48. The Hall–Kier alpha value is -1.30. The van der Waals surface area contributed by atoms with E-state index in [1.54, 1.807) is 0 Å². The summed E-state index contributed by atoms with van der Waals surface area (Å²) < 4.78 is 0. The minimum absolute atomic E-state index is 0.569. The first-order valence-electron chi connectivity index (χ1n) is 2.38. The van der Waals surface area contributed by atoms with Crippen LogP contribution in [0.5, 0.6) is 0 Å². The van der Waals surface area contributed by atoms with Crippen LogP contribution in [0.3, 0.4) is 0 Å². The molecule has 1 aliphatic rings. The van der Waals surface area contributed by atoms with E-state index in [9.17, 15) is 0 Å². The first-order chi connectivity index (χ1) is 3.92. The maximum absolute atomic E-state index is 8.31. The maximum Gasteiger partial charge on any atom is 0.166 e. The number of aromatic nitrogens is 2. The van der Waals surface area contributed by atoms with Crippen LogP contribution in [-0.4, -0.2) is 10.2 Å². The number of hydrogen-bond acceptors (Lipinski definition) is 2. The number of hydrogen-bond donors (Lipinski definition) is 1. The summed E-state index contributed by atoms with van der Waals surface area (Å²) in [7, 11) is 0. The second-order valence-corrected chi connectivity index (χ2v) is 1.82. The zero-order valence-corrected chi connectivity index (χ0v) is 4.10. The average Bonchev–Trinajstić information content (AvgIpc) is 2.46. The molecule has 0 aromatic carbocycles. The van der Waals surface area contributed by atoms with E-state index in [-0.39, 0.29) is 0 Å². The minimum Gasteiger partial charge on any atom is -0.281 e. The van der Waals surface area contributed by atoms with Crippen molar-refractivity contribution in [2.75, 3.05) is 0 Å². The Morgan fingerprint density at radius 3 is 2.88 bits per heavy atom. The highest BCUT2D eigenvalue weighted by atomic mass is 15.1. The topological polar surface area (TPSA) is 52.5 Å². The van der Waals surface area contributed by atoms with E-state index in [0.29, 0.717) is 5.69 Å². The Kier molecular flexibility index (Phi) is 0.422. The normalized spacial score (nSPS) is 12.4. The summed E-state index contributed by atoms with van der Waals surface area (Å²) in [5.74, 6) is 0. The molecule has 0 radical (unpaired) electrons. The summed E-state index contributed by atoms with van der Waals surface area (Å²) in [6, 6.07) is 1.98. The largest absolute Gasteiger partial charge is 0.281 e. The lowest BCUT2D eigenvalue weighted by atomic mass is 10.4. The van der Waals surface area contributed by atoms with E-state index in [1.807, 2.05) is 6.07 Å². The standard InChI is InChI=1S/C5H3N3/c6-2-5-3-1-4(3)7-8-5/h1H2,(H,7,8). The van der Waals surface area contributed by atoms with E-state index in [0.717, 1.165) is 17.7 Å². The van der Waals surface area contributed by atoms with Gasteiger partial charge in [0.15, 0.2) is 5.69 Å². The fourth-order valence-electron chi connectivity index (χ4n) is 0.750. The Balaban J connectivity index is 2.68.